The average Bonchev–Trinajstić information content (AvgIpc) is 2.50. The molecule has 0 amide bonds. The van der Waals surface area contributed by atoms with Gasteiger partial charge in [0.05, 0.1) is 9.06 Å². The molecule has 2 nitrogen and oxygen atoms in total. The first-order chi connectivity index (χ1) is 9.10. The molecule has 0 saturated carbocycles. The van der Waals surface area contributed by atoms with Crippen LogP contribution in [0, 0.1) is 0 Å². The third-order valence-corrected chi connectivity index (χ3v) is 18.3. The van der Waals surface area contributed by atoms with E-state index >= 15 is 0 Å². The number of rotatable bonds is 7. The zero-order chi connectivity index (χ0) is 16.3. The molecule has 0 bridgehead atoms. The van der Waals surface area contributed by atoms with Crippen LogP contribution in [-0.2, 0) is 10.7 Å². The van der Waals surface area contributed by atoms with E-state index in [1.165, 1.54) is 23.5 Å². The van der Waals surface area contributed by atoms with Crippen LogP contribution in [0.2, 0.25) is 0 Å². The Morgan fingerprint density at radius 2 is 1.05 bits per heavy atom. The SMILES string of the molecule is O=[SH](=O)C(=S)C(=S)C(=S)S(C=S)(C=S)(C=S)(C=S)C=S. The second-order valence-corrected chi connectivity index (χ2v) is 14.5. The average molecular weight is 455 g/mol. The molecule has 0 N–H and O–H groups in total. The van der Waals surface area contributed by atoms with E-state index in [-0.39, 0.29) is 9.06 Å². The number of thiol groups is 1. The summed E-state index contributed by atoms with van der Waals surface area (Å²) in [6.07, 6.45) is 0. The molecule has 0 aliphatic rings. The molecular formula is C8H6O2S10. The normalized spacial score (nSPS) is 14.2. The highest BCUT2D eigenvalue weighted by molar-refractivity contribution is 9.18. The van der Waals surface area contributed by atoms with Crippen LogP contribution in [0.25, 0.3) is 0 Å². The largest absolute Gasteiger partial charge is 0.226 e. The van der Waals surface area contributed by atoms with Gasteiger partial charge >= 0.3 is 0 Å². The molecule has 0 radical (unpaired) electrons. The molecule has 12 heteroatoms. The Morgan fingerprint density at radius 3 is 1.25 bits per heavy atom. The molecule has 0 aliphatic heterocycles. The minimum absolute atomic E-state index is 0.116. The van der Waals surface area contributed by atoms with E-state index in [1.807, 2.05) is 0 Å². The summed E-state index contributed by atoms with van der Waals surface area (Å²) in [5.41, 5.74) is 0. The summed E-state index contributed by atoms with van der Waals surface area (Å²) < 4.78 is 27.3. The van der Waals surface area contributed by atoms with Crippen molar-refractivity contribution >= 4 is 153 Å². The van der Waals surface area contributed by atoms with Crippen molar-refractivity contribution in [2.45, 2.75) is 0 Å². The Bertz CT molecular complexity index is 587. The van der Waals surface area contributed by atoms with Crippen molar-refractivity contribution in [3.05, 3.63) is 0 Å². The van der Waals surface area contributed by atoms with Crippen molar-refractivity contribution < 1.29 is 8.42 Å². The summed E-state index contributed by atoms with van der Waals surface area (Å²) in [6.45, 7) is 0. The summed E-state index contributed by atoms with van der Waals surface area (Å²) in [7, 11) is -7.36. The van der Waals surface area contributed by atoms with Crippen molar-refractivity contribution in [3.8, 4) is 0 Å². The van der Waals surface area contributed by atoms with Crippen molar-refractivity contribution in [3.63, 3.8) is 0 Å². The third kappa shape index (κ3) is 2.68. The lowest BCUT2D eigenvalue weighted by atomic mass is 10.5. The molecule has 0 fully saturated rings. The third-order valence-electron chi connectivity index (χ3n) is 2.43. The van der Waals surface area contributed by atoms with Gasteiger partial charge in [-0.2, -0.15) is 0 Å². The summed E-state index contributed by atoms with van der Waals surface area (Å²) in [4.78, 5) is -0.265. The van der Waals surface area contributed by atoms with Crippen LogP contribution in [0.1, 0.15) is 0 Å². The van der Waals surface area contributed by atoms with Crippen LogP contribution in [0.5, 0.6) is 0 Å². The fourth-order valence-electron chi connectivity index (χ4n) is 0.883. The van der Waals surface area contributed by atoms with Gasteiger partial charge in [0.15, 0.2) is 10.7 Å². The second kappa shape index (κ2) is 6.64. The Balaban J connectivity index is 6.83. The van der Waals surface area contributed by atoms with Crippen LogP contribution in [0.4, 0.5) is 0 Å². The van der Waals surface area contributed by atoms with Gasteiger partial charge in [-0.05, 0) is 0 Å². The predicted molar refractivity (Wildman–Crippen MR) is 124 cm³/mol. The molecule has 0 aromatic rings. The predicted octanol–water partition coefficient (Wildman–Crippen LogP) is 3.28. The lowest BCUT2D eigenvalue weighted by Crippen LogP contribution is -2.50. The van der Waals surface area contributed by atoms with Crippen molar-refractivity contribution in [1.82, 2.24) is 0 Å². The van der Waals surface area contributed by atoms with Gasteiger partial charge in [-0.3, -0.25) is 0 Å². The maximum absolute atomic E-state index is 11.0. The van der Waals surface area contributed by atoms with Crippen LogP contribution >= 0.6 is 106 Å². The first kappa shape index (κ1) is 21.0. The number of hydrogen-bond acceptors (Lipinski definition) is 10. The molecule has 0 aromatic heterocycles. The quantitative estimate of drug-likeness (QED) is 0.457. The van der Waals surface area contributed by atoms with Crippen molar-refractivity contribution in [1.29, 1.82) is 0 Å². The van der Waals surface area contributed by atoms with Gasteiger partial charge in [0.1, 0.15) is 4.20 Å². The van der Waals surface area contributed by atoms with Crippen LogP contribution in [0.3, 0.4) is 0 Å². The van der Waals surface area contributed by atoms with Crippen LogP contribution < -0.4 is 0 Å². The molecule has 0 rings (SSSR count). The van der Waals surface area contributed by atoms with Crippen LogP contribution in [0.15, 0.2) is 0 Å². The van der Waals surface area contributed by atoms with E-state index in [1.54, 1.807) is 0 Å². The summed E-state index contributed by atoms with van der Waals surface area (Å²) in [5.74, 6) is 0. The van der Waals surface area contributed by atoms with Gasteiger partial charge in [-0.1, -0.05) is 97.7 Å². The van der Waals surface area contributed by atoms with Gasteiger partial charge in [0.2, 0.25) is 0 Å². The number of thiocarbonyl (C=S) groups is 8. The molecule has 0 aliphatic carbocycles. The summed E-state index contributed by atoms with van der Waals surface area (Å²) in [5, 5.41) is 0. The molecule has 0 unspecified atom stereocenters. The molecule has 110 valence electrons. The van der Waals surface area contributed by atoms with E-state index in [4.69, 9.17) is 97.7 Å². The Hall–Kier alpha value is 1.02. The highest BCUT2D eigenvalue weighted by Crippen LogP contribution is 2.81. The van der Waals surface area contributed by atoms with Crippen molar-refractivity contribution in [2.24, 2.45) is 0 Å². The summed E-state index contributed by atoms with van der Waals surface area (Å²) in [6, 6.07) is 0. The molecular weight excluding hydrogens is 449 g/mol. The van der Waals surface area contributed by atoms with E-state index in [2.05, 4.69) is 0 Å². The maximum Gasteiger partial charge on any atom is 0.180 e. The lowest BCUT2D eigenvalue weighted by molar-refractivity contribution is 0.625. The second-order valence-electron chi connectivity index (χ2n) is 3.61. The van der Waals surface area contributed by atoms with E-state index in [9.17, 15) is 8.42 Å². The Morgan fingerprint density at radius 1 is 0.750 bits per heavy atom. The van der Waals surface area contributed by atoms with E-state index < -0.39 is 23.2 Å². The van der Waals surface area contributed by atoms with Gasteiger partial charge in [-0.15, -0.1) is 8.29 Å². The molecule has 0 saturated heterocycles. The smallest absolute Gasteiger partial charge is 0.180 e. The molecule has 0 heterocycles. The van der Waals surface area contributed by atoms with Crippen LogP contribution in [-0.4, -0.2) is 45.2 Å². The molecule has 0 aromatic carbocycles. The Kier molecular flexibility index (Phi) is 6.98. The lowest BCUT2D eigenvalue weighted by Gasteiger charge is -2.64. The highest BCUT2D eigenvalue weighted by atomic mass is 32.4. The fourth-order valence-corrected chi connectivity index (χ4v) is 12.6. The minimum atomic E-state index is -4.30. The van der Waals surface area contributed by atoms with Gasteiger partial charge in [0.25, 0.3) is 0 Å². The first-order valence-electron chi connectivity index (χ1n) is 4.26. The molecule has 0 spiro atoms. The molecule has 20 heavy (non-hydrogen) atoms. The van der Waals surface area contributed by atoms with Gasteiger partial charge in [-0.25, -0.2) is 8.42 Å². The zero-order valence-electron chi connectivity index (χ0n) is 9.32. The topological polar surface area (TPSA) is 34.1 Å². The number of hydrogen-bond donors (Lipinski definition) is 1. The minimum Gasteiger partial charge on any atom is -0.226 e. The monoisotopic (exact) mass is 454 g/mol. The highest BCUT2D eigenvalue weighted by Gasteiger charge is 2.58. The zero-order valence-corrected chi connectivity index (χ0v) is 17.6. The fraction of sp³-hybridized carbons (Fsp3) is 0. The van der Waals surface area contributed by atoms with Gasteiger partial charge in [0, 0.05) is 23.5 Å². The standard InChI is InChI=1S/C8H6O2S10/c9-19(10)7(17)6(16)8(18)20(1-11,2-12,3-13,4-14)5-15/h1-5,19H. The summed E-state index contributed by atoms with van der Waals surface area (Å²) >= 11 is 40.3. The van der Waals surface area contributed by atoms with Crippen molar-refractivity contribution in [2.75, 3.05) is 0 Å². The van der Waals surface area contributed by atoms with E-state index in [0.29, 0.717) is 0 Å². The van der Waals surface area contributed by atoms with E-state index in [0.717, 1.165) is 0 Å². The first-order valence-corrected chi connectivity index (χ1v) is 11.8. The molecule has 0 atom stereocenters. The maximum atomic E-state index is 11.0. The Labute approximate surface area is 160 Å². The van der Waals surface area contributed by atoms with Gasteiger partial charge < -0.3 is 0 Å².